The Morgan fingerprint density at radius 3 is 0.348 bits per heavy atom. The molecule has 0 aliphatic heterocycles. The first-order chi connectivity index (χ1) is 6.93. The van der Waals surface area contributed by atoms with E-state index in [-0.39, 0.29) is 192 Å². The van der Waals surface area contributed by atoms with Crippen LogP contribution in [0, 0.1) is 0 Å². The Morgan fingerprint density at radius 2 is 0.348 bits per heavy atom. The molecule has 23 heavy (non-hydrogen) atoms. The Kier molecular flexibility index (Phi) is 191. The topological polar surface area (TPSA) is 277 Å². The van der Waals surface area contributed by atoms with Gasteiger partial charge in [-0.05, 0) is 0 Å². The van der Waals surface area contributed by atoms with Crippen LogP contribution >= 0.6 is 34.4 Å². The molecule has 0 N–H and O–H groups in total. The van der Waals surface area contributed by atoms with Gasteiger partial charge in [-0.3, -0.25) is 0 Å². The third-order valence-electron chi connectivity index (χ3n) is 0. The monoisotopic (exact) mass is 989 g/mol. The molecular weight excluding hydrogens is 987 g/mol. The van der Waals surface area contributed by atoms with Gasteiger partial charge in [0.1, 0.15) is 0 Å². The van der Waals surface area contributed by atoms with E-state index in [2.05, 4.69) is 0 Å². The number of rotatable bonds is 0. The van der Waals surface area contributed by atoms with Crippen molar-refractivity contribution in [3.8, 4) is 0 Å². The van der Waals surface area contributed by atoms with Crippen molar-refractivity contribution >= 4 is 83.3 Å². The van der Waals surface area contributed by atoms with E-state index in [4.69, 9.17) is 58.7 Å². The van der Waals surface area contributed by atoms with E-state index in [1.165, 1.54) is 0 Å². The standard InChI is InChI=1S/Ba.3Cd.4O3P.3Zn.2H/c;;;;4*1-4(2)3;;;;;/q4*+2;4*-3;3*+2;2*-1. The molecule has 0 aromatic rings. The Labute approximate surface area is 279 Å². The minimum Gasteiger partial charge on any atom is -1.00 e. The summed E-state index contributed by atoms with van der Waals surface area (Å²) in [4.78, 5) is 102. The van der Waals surface area contributed by atoms with Crippen LogP contribution in [0.4, 0.5) is 0 Å². The molecule has 0 aromatic heterocycles. The van der Waals surface area contributed by atoms with Crippen LogP contribution in [0.3, 0.4) is 0 Å². The van der Waals surface area contributed by atoms with Crippen LogP contribution in [0.1, 0.15) is 2.85 Å². The maximum absolute atomic E-state index is 8.48. The van der Waals surface area contributed by atoms with Crippen molar-refractivity contribution in [2.24, 2.45) is 0 Å². The van der Waals surface area contributed by atoms with E-state index in [1.807, 2.05) is 0 Å². The molecule has 23 heteroatoms. The van der Waals surface area contributed by atoms with Crippen LogP contribution in [0.15, 0.2) is 0 Å². The van der Waals surface area contributed by atoms with Crippen molar-refractivity contribution in [2.45, 2.75) is 0 Å². The van der Waals surface area contributed by atoms with E-state index >= 15 is 0 Å². The molecule has 108 valence electrons. The molecule has 0 amide bonds. The largest absolute Gasteiger partial charge is 2.00 e. The van der Waals surface area contributed by atoms with Gasteiger partial charge >= 0.3 is 189 Å². The maximum atomic E-state index is 8.48. The fourth-order valence-corrected chi connectivity index (χ4v) is 0. The molecule has 0 spiro atoms. The third-order valence-corrected chi connectivity index (χ3v) is 0. The average molecular weight is 989 g/mol. The van der Waals surface area contributed by atoms with E-state index in [0.717, 1.165) is 0 Å². The van der Waals surface area contributed by atoms with Crippen LogP contribution in [0.25, 0.3) is 0 Å². The predicted octanol–water partition coefficient (Wildman–Crippen LogP) is -11.0. The SMILES string of the molecule is [Ba+2].[Cd+2].[Cd+2].[Cd+2].[H-].[H-].[O-]P([O-])[O-].[O-]P([O-])[O-].[O-]P([O-])[O-].[O-]P([O-])[O-].[Zn+2].[Zn+2].[Zn+2]. The smallest absolute Gasteiger partial charge is 1.00 e. The van der Waals surface area contributed by atoms with Crippen molar-refractivity contribution < 1.29 is 202 Å². The molecule has 0 heterocycles. The van der Waals surface area contributed by atoms with Crippen molar-refractivity contribution in [3.63, 3.8) is 0 Å². The molecule has 0 aromatic carbocycles. The molecular formula is H2BaCd3O12P4Zn3. The van der Waals surface area contributed by atoms with Gasteiger partial charge in [0.05, 0.1) is 0 Å². The second kappa shape index (κ2) is 63.0. The summed E-state index contributed by atoms with van der Waals surface area (Å²) in [5.74, 6) is 0. The van der Waals surface area contributed by atoms with Crippen LogP contribution in [-0.4, -0.2) is 48.9 Å². The van der Waals surface area contributed by atoms with Gasteiger partial charge < -0.3 is 96.0 Å². The molecule has 0 rings (SSSR count). The summed E-state index contributed by atoms with van der Waals surface area (Å²) in [6.07, 6.45) is 0. The molecule has 0 fully saturated rings. The summed E-state index contributed by atoms with van der Waals surface area (Å²) >= 11 is 0. The first-order valence-corrected chi connectivity index (χ1v) is 6.57. The molecule has 12 nitrogen and oxygen atoms in total. The molecule has 0 atom stereocenters. The maximum Gasteiger partial charge on any atom is 2.00 e. The fourth-order valence-electron chi connectivity index (χ4n) is 0. The van der Waals surface area contributed by atoms with Crippen LogP contribution in [0.2, 0.25) is 0 Å². The Bertz CT molecular complexity index is 96.6. The Hall–Kier alpha value is 7.45. The molecule has 0 saturated carbocycles. The van der Waals surface area contributed by atoms with E-state index < -0.39 is 34.4 Å². The van der Waals surface area contributed by atoms with Crippen LogP contribution in [0.5, 0.6) is 0 Å². The van der Waals surface area contributed by atoms with E-state index in [9.17, 15) is 0 Å². The van der Waals surface area contributed by atoms with E-state index in [1.54, 1.807) is 0 Å². The van der Waals surface area contributed by atoms with Gasteiger partial charge in [0, 0.05) is 0 Å². The number of hydrogen-bond donors (Lipinski definition) is 0. The van der Waals surface area contributed by atoms with Gasteiger partial charge in [-0.1, -0.05) is 0 Å². The fraction of sp³-hybridized carbons (Fsp3) is 0. The first kappa shape index (κ1) is 69.8. The van der Waals surface area contributed by atoms with Crippen LogP contribution in [-0.2, 0) is 140 Å². The summed E-state index contributed by atoms with van der Waals surface area (Å²) in [6.45, 7) is 0. The van der Waals surface area contributed by atoms with Gasteiger partial charge in [-0.25, -0.2) is 0 Å². The molecule has 0 saturated heterocycles. The second-order valence-corrected chi connectivity index (χ2v) is 2.68. The summed E-state index contributed by atoms with van der Waals surface area (Å²) in [5.41, 5.74) is 0. The molecule has 0 bridgehead atoms. The number of hydrogen-bond acceptors (Lipinski definition) is 12. The van der Waals surface area contributed by atoms with Gasteiger partial charge in [0.2, 0.25) is 0 Å². The summed E-state index contributed by atoms with van der Waals surface area (Å²) in [6, 6.07) is 0. The first-order valence-electron chi connectivity index (χ1n) is 2.19. The quantitative estimate of drug-likeness (QED) is 0.162. The minimum atomic E-state index is -3.37. The van der Waals surface area contributed by atoms with Crippen LogP contribution < -0.4 is 58.7 Å². The predicted molar refractivity (Wildman–Crippen MR) is 35.7 cm³/mol. The van der Waals surface area contributed by atoms with Gasteiger partial charge in [0.15, 0.2) is 0 Å². The molecule has 0 unspecified atom stereocenters. The molecule has 0 aliphatic carbocycles. The van der Waals surface area contributed by atoms with Crippen molar-refractivity contribution in [1.82, 2.24) is 0 Å². The summed E-state index contributed by atoms with van der Waals surface area (Å²) in [7, 11) is -13.5. The van der Waals surface area contributed by atoms with Gasteiger partial charge in [-0.15, -0.1) is 0 Å². The zero-order valence-corrected chi connectivity index (χ0v) is 40.7. The normalized spacial score (nSPS) is 6.26. The zero-order valence-electron chi connectivity index (χ0n) is 13.6. The minimum absolute atomic E-state index is 0. The van der Waals surface area contributed by atoms with Crippen molar-refractivity contribution in [3.05, 3.63) is 0 Å². The second-order valence-electron chi connectivity index (χ2n) is 0.894. The zero-order chi connectivity index (χ0) is 14.3. The molecule has 0 aliphatic rings. The average Bonchev–Trinajstić information content (AvgIpc) is 1.76. The summed E-state index contributed by atoms with van der Waals surface area (Å²) in [5, 5.41) is 0. The third kappa shape index (κ3) is 400. The summed E-state index contributed by atoms with van der Waals surface area (Å²) < 4.78 is 0. The Morgan fingerprint density at radius 1 is 0.348 bits per heavy atom. The van der Waals surface area contributed by atoms with Crippen molar-refractivity contribution in [1.29, 1.82) is 0 Å². The van der Waals surface area contributed by atoms with Crippen molar-refractivity contribution in [2.75, 3.05) is 0 Å². The van der Waals surface area contributed by atoms with E-state index in [0.29, 0.717) is 0 Å². The van der Waals surface area contributed by atoms with Gasteiger partial charge in [0.25, 0.3) is 0 Å². The Balaban J connectivity index is -0.00000000623. The molecule has 0 radical (unpaired) electrons. The van der Waals surface area contributed by atoms with Gasteiger partial charge in [-0.2, -0.15) is 0 Å².